The lowest BCUT2D eigenvalue weighted by molar-refractivity contribution is -0.154. The SMILES string of the molecule is CC(C)(C)OC(=O)CCCCCCCCCCCCCCC=O. The standard InChI is InChI=1S/C20H38O3/c1-20(2,3)23-19(22)17-15-13-11-9-7-5-4-6-8-10-12-14-16-18-21/h18H,4-17H2,1-3H3. The van der Waals surface area contributed by atoms with Crippen LogP contribution in [0.25, 0.3) is 0 Å². The second kappa shape index (κ2) is 14.7. The largest absolute Gasteiger partial charge is 0.460 e. The molecule has 0 aliphatic rings. The molecule has 3 heteroatoms. The van der Waals surface area contributed by atoms with Crippen LogP contribution in [0.15, 0.2) is 0 Å². The molecule has 0 spiro atoms. The molecule has 23 heavy (non-hydrogen) atoms. The maximum absolute atomic E-state index is 11.5. The molecule has 0 aliphatic heterocycles. The Labute approximate surface area is 143 Å². The second-order valence-electron chi connectivity index (χ2n) is 7.53. The summed E-state index contributed by atoms with van der Waals surface area (Å²) in [5.41, 5.74) is -0.356. The van der Waals surface area contributed by atoms with Crippen molar-refractivity contribution in [3.63, 3.8) is 0 Å². The molecule has 0 atom stereocenters. The van der Waals surface area contributed by atoms with E-state index in [0.717, 1.165) is 32.0 Å². The first-order valence-electron chi connectivity index (χ1n) is 9.61. The first-order valence-corrected chi connectivity index (χ1v) is 9.61. The molecule has 0 aliphatic carbocycles. The van der Waals surface area contributed by atoms with Gasteiger partial charge in [-0.25, -0.2) is 0 Å². The summed E-state index contributed by atoms with van der Waals surface area (Å²) < 4.78 is 5.30. The molecular formula is C20H38O3. The van der Waals surface area contributed by atoms with E-state index in [0.29, 0.717) is 6.42 Å². The fraction of sp³-hybridized carbons (Fsp3) is 0.900. The van der Waals surface area contributed by atoms with Crippen LogP contribution < -0.4 is 0 Å². The van der Waals surface area contributed by atoms with E-state index < -0.39 is 0 Å². The molecule has 0 radical (unpaired) electrons. The highest BCUT2D eigenvalue weighted by atomic mass is 16.6. The van der Waals surface area contributed by atoms with E-state index in [1.54, 1.807) is 0 Å². The summed E-state index contributed by atoms with van der Waals surface area (Å²) in [5, 5.41) is 0. The van der Waals surface area contributed by atoms with Gasteiger partial charge in [0.2, 0.25) is 0 Å². The molecule has 0 unspecified atom stereocenters. The van der Waals surface area contributed by atoms with Gasteiger partial charge in [0, 0.05) is 12.8 Å². The average Bonchev–Trinajstić information content (AvgIpc) is 2.46. The van der Waals surface area contributed by atoms with Crippen LogP contribution in [0.3, 0.4) is 0 Å². The molecule has 0 amide bonds. The summed E-state index contributed by atoms with van der Waals surface area (Å²) in [6.07, 6.45) is 17.1. The number of carbonyl (C=O) groups excluding carboxylic acids is 2. The van der Waals surface area contributed by atoms with Crippen LogP contribution in [-0.2, 0) is 14.3 Å². The van der Waals surface area contributed by atoms with Crippen molar-refractivity contribution in [1.29, 1.82) is 0 Å². The van der Waals surface area contributed by atoms with Crippen molar-refractivity contribution in [2.75, 3.05) is 0 Å². The molecule has 0 saturated heterocycles. The third kappa shape index (κ3) is 19.1. The minimum absolute atomic E-state index is 0.0642. The zero-order valence-corrected chi connectivity index (χ0v) is 15.7. The van der Waals surface area contributed by atoms with E-state index in [9.17, 15) is 9.59 Å². The quantitative estimate of drug-likeness (QED) is 0.211. The maximum atomic E-state index is 11.5. The summed E-state index contributed by atoms with van der Waals surface area (Å²) >= 11 is 0. The smallest absolute Gasteiger partial charge is 0.306 e. The Morgan fingerprint density at radius 2 is 1.13 bits per heavy atom. The molecular weight excluding hydrogens is 288 g/mol. The highest BCUT2D eigenvalue weighted by molar-refractivity contribution is 5.69. The predicted octanol–water partition coefficient (Wildman–Crippen LogP) is 5.99. The van der Waals surface area contributed by atoms with Gasteiger partial charge in [-0.1, -0.05) is 64.2 Å². The Bertz CT molecular complexity index is 292. The molecule has 3 nitrogen and oxygen atoms in total. The van der Waals surface area contributed by atoms with E-state index in [1.807, 2.05) is 20.8 Å². The van der Waals surface area contributed by atoms with E-state index in [-0.39, 0.29) is 11.6 Å². The van der Waals surface area contributed by atoms with E-state index in [4.69, 9.17) is 4.74 Å². The van der Waals surface area contributed by atoms with Gasteiger partial charge in [-0.2, -0.15) is 0 Å². The van der Waals surface area contributed by atoms with Crippen LogP contribution in [0.2, 0.25) is 0 Å². The van der Waals surface area contributed by atoms with Gasteiger partial charge in [0.05, 0.1) is 0 Å². The van der Waals surface area contributed by atoms with Gasteiger partial charge in [-0.05, 0) is 33.6 Å². The van der Waals surface area contributed by atoms with Gasteiger partial charge >= 0.3 is 5.97 Å². The number of carbonyl (C=O) groups is 2. The minimum atomic E-state index is -0.356. The van der Waals surface area contributed by atoms with Crippen molar-refractivity contribution in [1.82, 2.24) is 0 Å². The molecule has 0 aromatic heterocycles. The van der Waals surface area contributed by atoms with Gasteiger partial charge in [0.25, 0.3) is 0 Å². The van der Waals surface area contributed by atoms with Crippen LogP contribution in [0.5, 0.6) is 0 Å². The highest BCUT2D eigenvalue weighted by Gasteiger charge is 2.15. The molecule has 0 bridgehead atoms. The lowest BCUT2D eigenvalue weighted by Crippen LogP contribution is -2.23. The zero-order chi connectivity index (χ0) is 17.4. The van der Waals surface area contributed by atoms with E-state index in [1.165, 1.54) is 57.8 Å². The maximum Gasteiger partial charge on any atom is 0.306 e. The Kier molecular flexibility index (Phi) is 14.2. The monoisotopic (exact) mass is 326 g/mol. The molecule has 0 N–H and O–H groups in total. The highest BCUT2D eigenvalue weighted by Crippen LogP contribution is 2.14. The number of unbranched alkanes of at least 4 members (excludes halogenated alkanes) is 12. The van der Waals surface area contributed by atoms with Crippen molar-refractivity contribution in [3.05, 3.63) is 0 Å². The third-order valence-electron chi connectivity index (χ3n) is 3.87. The number of hydrogen-bond acceptors (Lipinski definition) is 3. The van der Waals surface area contributed by atoms with Gasteiger partial charge in [0.15, 0.2) is 0 Å². The molecule has 0 fully saturated rings. The van der Waals surface area contributed by atoms with E-state index >= 15 is 0 Å². The first kappa shape index (κ1) is 22.1. The topological polar surface area (TPSA) is 43.4 Å². The summed E-state index contributed by atoms with van der Waals surface area (Å²) in [4.78, 5) is 21.7. The molecule has 136 valence electrons. The Morgan fingerprint density at radius 1 is 0.739 bits per heavy atom. The lowest BCUT2D eigenvalue weighted by atomic mass is 10.0. The van der Waals surface area contributed by atoms with Gasteiger partial charge in [0.1, 0.15) is 11.9 Å². The van der Waals surface area contributed by atoms with E-state index in [2.05, 4.69) is 0 Å². The van der Waals surface area contributed by atoms with Gasteiger partial charge in [-0.3, -0.25) is 4.79 Å². The van der Waals surface area contributed by atoms with Crippen molar-refractivity contribution >= 4 is 12.3 Å². The van der Waals surface area contributed by atoms with Crippen LogP contribution in [0.1, 0.15) is 111 Å². The lowest BCUT2D eigenvalue weighted by Gasteiger charge is -2.19. The number of ether oxygens (including phenoxy) is 1. The van der Waals surface area contributed by atoms with Gasteiger partial charge < -0.3 is 9.53 Å². The third-order valence-corrected chi connectivity index (χ3v) is 3.87. The van der Waals surface area contributed by atoms with Crippen LogP contribution in [-0.4, -0.2) is 17.9 Å². The summed E-state index contributed by atoms with van der Waals surface area (Å²) in [6.45, 7) is 5.74. The van der Waals surface area contributed by atoms with Crippen molar-refractivity contribution in [3.8, 4) is 0 Å². The summed E-state index contributed by atoms with van der Waals surface area (Å²) in [7, 11) is 0. The number of hydrogen-bond donors (Lipinski definition) is 0. The first-order chi connectivity index (χ1) is 11.0. The summed E-state index contributed by atoms with van der Waals surface area (Å²) in [6, 6.07) is 0. The Balaban J connectivity index is 3.16. The van der Waals surface area contributed by atoms with Crippen LogP contribution >= 0.6 is 0 Å². The van der Waals surface area contributed by atoms with Crippen LogP contribution in [0, 0.1) is 0 Å². The molecule has 0 rings (SSSR count). The van der Waals surface area contributed by atoms with Crippen molar-refractivity contribution in [2.45, 2.75) is 116 Å². The fourth-order valence-corrected chi connectivity index (χ4v) is 2.66. The fourth-order valence-electron chi connectivity index (χ4n) is 2.66. The normalized spacial score (nSPS) is 11.4. The molecule has 0 aromatic carbocycles. The Morgan fingerprint density at radius 3 is 1.52 bits per heavy atom. The number of rotatable bonds is 15. The zero-order valence-electron chi connectivity index (χ0n) is 15.7. The summed E-state index contributed by atoms with van der Waals surface area (Å²) in [5.74, 6) is -0.0642. The van der Waals surface area contributed by atoms with Gasteiger partial charge in [-0.15, -0.1) is 0 Å². The number of esters is 1. The minimum Gasteiger partial charge on any atom is -0.460 e. The second-order valence-corrected chi connectivity index (χ2v) is 7.53. The average molecular weight is 327 g/mol. The number of aldehydes is 1. The Hall–Kier alpha value is -0.860. The predicted molar refractivity (Wildman–Crippen MR) is 96.5 cm³/mol. The van der Waals surface area contributed by atoms with Crippen LogP contribution in [0.4, 0.5) is 0 Å². The molecule has 0 aromatic rings. The molecule has 0 saturated carbocycles. The molecule has 0 heterocycles. The van der Waals surface area contributed by atoms with Crippen molar-refractivity contribution in [2.24, 2.45) is 0 Å². The van der Waals surface area contributed by atoms with Crippen molar-refractivity contribution < 1.29 is 14.3 Å².